The molecular formula is C12H16ClNS. The van der Waals surface area contributed by atoms with Gasteiger partial charge in [0, 0.05) is 11.3 Å². The Kier molecular flexibility index (Phi) is 5.78. The van der Waals surface area contributed by atoms with Crippen LogP contribution in [0.1, 0.15) is 37.6 Å². The SMILES string of the molecule is CC#CCC(NCCC)c1sccc1Cl. The molecule has 0 aliphatic heterocycles. The van der Waals surface area contributed by atoms with Gasteiger partial charge in [-0.1, -0.05) is 18.5 Å². The third-order valence-electron chi connectivity index (χ3n) is 2.08. The van der Waals surface area contributed by atoms with Gasteiger partial charge in [0.05, 0.1) is 11.1 Å². The molecule has 0 saturated heterocycles. The van der Waals surface area contributed by atoms with Gasteiger partial charge in [-0.15, -0.1) is 23.2 Å². The number of hydrogen-bond donors (Lipinski definition) is 1. The van der Waals surface area contributed by atoms with Crippen molar-refractivity contribution in [1.82, 2.24) is 5.32 Å². The van der Waals surface area contributed by atoms with E-state index < -0.39 is 0 Å². The number of rotatable bonds is 5. The molecule has 1 rings (SSSR count). The van der Waals surface area contributed by atoms with E-state index in [1.165, 1.54) is 4.88 Å². The van der Waals surface area contributed by atoms with Crippen LogP contribution in [0.5, 0.6) is 0 Å². The minimum atomic E-state index is 0.282. The Balaban J connectivity index is 2.70. The summed E-state index contributed by atoms with van der Waals surface area (Å²) < 4.78 is 0. The summed E-state index contributed by atoms with van der Waals surface area (Å²) in [5, 5.41) is 6.35. The molecule has 0 aliphatic rings. The summed E-state index contributed by atoms with van der Waals surface area (Å²) in [5.74, 6) is 6.04. The number of hydrogen-bond acceptors (Lipinski definition) is 2. The highest BCUT2D eigenvalue weighted by Crippen LogP contribution is 2.30. The van der Waals surface area contributed by atoms with Crippen LogP contribution in [0, 0.1) is 11.8 Å². The van der Waals surface area contributed by atoms with Crippen molar-refractivity contribution < 1.29 is 0 Å². The van der Waals surface area contributed by atoms with E-state index in [9.17, 15) is 0 Å². The molecule has 0 aromatic carbocycles. The van der Waals surface area contributed by atoms with E-state index in [1.807, 2.05) is 18.4 Å². The fraction of sp³-hybridized carbons (Fsp3) is 0.500. The molecule has 15 heavy (non-hydrogen) atoms. The van der Waals surface area contributed by atoms with Crippen molar-refractivity contribution in [2.24, 2.45) is 0 Å². The Bertz CT molecular complexity index is 348. The molecule has 1 atom stereocenters. The molecule has 0 bridgehead atoms. The molecule has 82 valence electrons. The second kappa shape index (κ2) is 6.90. The van der Waals surface area contributed by atoms with E-state index in [0.717, 1.165) is 24.4 Å². The maximum atomic E-state index is 6.11. The molecule has 0 radical (unpaired) electrons. The van der Waals surface area contributed by atoms with E-state index in [4.69, 9.17) is 11.6 Å². The molecule has 1 heterocycles. The van der Waals surface area contributed by atoms with Gasteiger partial charge in [0.25, 0.3) is 0 Å². The van der Waals surface area contributed by atoms with Gasteiger partial charge in [-0.2, -0.15) is 0 Å². The van der Waals surface area contributed by atoms with Crippen LogP contribution >= 0.6 is 22.9 Å². The van der Waals surface area contributed by atoms with Crippen LogP contribution in [-0.2, 0) is 0 Å². The van der Waals surface area contributed by atoms with Crippen LogP contribution in [-0.4, -0.2) is 6.54 Å². The zero-order chi connectivity index (χ0) is 11.1. The van der Waals surface area contributed by atoms with Crippen molar-refractivity contribution in [3.8, 4) is 11.8 Å². The lowest BCUT2D eigenvalue weighted by Gasteiger charge is -2.14. The van der Waals surface area contributed by atoms with E-state index in [2.05, 4.69) is 24.1 Å². The summed E-state index contributed by atoms with van der Waals surface area (Å²) in [6.45, 7) is 5.03. The van der Waals surface area contributed by atoms with Gasteiger partial charge in [-0.25, -0.2) is 0 Å². The molecular weight excluding hydrogens is 226 g/mol. The molecule has 1 unspecified atom stereocenters. The Morgan fingerprint density at radius 2 is 2.40 bits per heavy atom. The van der Waals surface area contributed by atoms with E-state index >= 15 is 0 Å². The van der Waals surface area contributed by atoms with Crippen molar-refractivity contribution in [1.29, 1.82) is 0 Å². The largest absolute Gasteiger partial charge is 0.308 e. The number of thiophene rings is 1. The van der Waals surface area contributed by atoms with Crippen LogP contribution in [0.15, 0.2) is 11.4 Å². The number of halogens is 1. The maximum absolute atomic E-state index is 6.11. The van der Waals surface area contributed by atoms with Crippen molar-refractivity contribution in [2.75, 3.05) is 6.54 Å². The van der Waals surface area contributed by atoms with Gasteiger partial charge in [-0.05, 0) is 31.3 Å². The average Bonchev–Trinajstić information content (AvgIpc) is 2.65. The molecule has 0 aliphatic carbocycles. The molecule has 1 aromatic heterocycles. The number of nitrogens with one attached hydrogen (secondary N) is 1. The highest BCUT2D eigenvalue weighted by Gasteiger charge is 2.13. The van der Waals surface area contributed by atoms with Gasteiger partial charge < -0.3 is 5.32 Å². The summed E-state index contributed by atoms with van der Waals surface area (Å²) in [6.07, 6.45) is 1.95. The predicted octanol–water partition coefficient (Wildman–Crippen LogP) is 3.86. The normalized spacial score (nSPS) is 11.9. The van der Waals surface area contributed by atoms with Crippen molar-refractivity contribution >= 4 is 22.9 Å². The molecule has 1 nitrogen and oxygen atoms in total. The predicted molar refractivity (Wildman–Crippen MR) is 68.4 cm³/mol. The summed E-state index contributed by atoms with van der Waals surface area (Å²) in [4.78, 5) is 1.20. The van der Waals surface area contributed by atoms with Crippen LogP contribution in [0.4, 0.5) is 0 Å². The molecule has 0 spiro atoms. The zero-order valence-corrected chi connectivity index (χ0v) is 10.7. The van der Waals surface area contributed by atoms with Gasteiger partial charge in [0.2, 0.25) is 0 Å². The van der Waals surface area contributed by atoms with Gasteiger partial charge in [-0.3, -0.25) is 0 Å². The van der Waals surface area contributed by atoms with Crippen LogP contribution in [0.25, 0.3) is 0 Å². The quantitative estimate of drug-likeness (QED) is 0.772. The second-order valence-electron chi connectivity index (χ2n) is 3.27. The molecule has 0 amide bonds. The third kappa shape index (κ3) is 3.87. The Labute approximate surface area is 101 Å². The molecule has 1 N–H and O–H groups in total. The van der Waals surface area contributed by atoms with Crippen LogP contribution < -0.4 is 5.32 Å². The smallest absolute Gasteiger partial charge is 0.0561 e. The molecule has 0 saturated carbocycles. The third-order valence-corrected chi connectivity index (χ3v) is 3.56. The zero-order valence-electron chi connectivity index (χ0n) is 9.14. The van der Waals surface area contributed by atoms with Crippen LogP contribution in [0.2, 0.25) is 5.02 Å². The first-order chi connectivity index (χ1) is 7.29. The lowest BCUT2D eigenvalue weighted by Crippen LogP contribution is -2.21. The lowest BCUT2D eigenvalue weighted by atomic mass is 10.1. The standard InChI is InChI=1S/C12H16ClNS/c1-3-5-6-11(14-8-4-2)12-10(13)7-9-15-12/h7,9,11,14H,4,6,8H2,1-2H3. The Morgan fingerprint density at radius 1 is 1.60 bits per heavy atom. The summed E-state index contributed by atoms with van der Waals surface area (Å²) in [5.41, 5.74) is 0. The molecule has 3 heteroatoms. The highest BCUT2D eigenvalue weighted by atomic mass is 35.5. The molecule has 1 aromatic rings. The summed E-state index contributed by atoms with van der Waals surface area (Å²) in [6, 6.07) is 2.23. The van der Waals surface area contributed by atoms with Crippen molar-refractivity contribution in [2.45, 2.75) is 32.7 Å². The van der Waals surface area contributed by atoms with E-state index in [1.54, 1.807) is 11.3 Å². The fourth-order valence-electron chi connectivity index (χ4n) is 1.33. The van der Waals surface area contributed by atoms with Crippen LogP contribution in [0.3, 0.4) is 0 Å². The Morgan fingerprint density at radius 3 is 2.93 bits per heavy atom. The lowest BCUT2D eigenvalue weighted by molar-refractivity contribution is 0.550. The average molecular weight is 242 g/mol. The Hall–Kier alpha value is -0.490. The first-order valence-corrected chi connectivity index (χ1v) is 6.41. The van der Waals surface area contributed by atoms with Crippen molar-refractivity contribution in [3.05, 3.63) is 21.3 Å². The topological polar surface area (TPSA) is 12.0 Å². The van der Waals surface area contributed by atoms with Gasteiger partial charge >= 0.3 is 0 Å². The summed E-state index contributed by atoms with van der Waals surface area (Å²) in [7, 11) is 0. The monoisotopic (exact) mass is 241 g/mol. The van der Waals surface area contributed by atoms with Gasteiger partial charge in [0.15, 0.2) is 0 Å². The van der Waals surface area contributed by atoms with Crippen molar-refractivity contribution in [3.63, 3.8) is 0 Å². The highest BCUT2D eigenvalue weighted by molar-refractivity contribution is 7.10. The first kappa shape index (κ1) is 12.6. The minimum Gasteiger partial charge on any atom is -0.308 e. The molecule has 0 fully saturated rings. The maximum Gasteiger partial charge on any atom is 0.0561 e. The minimum absolute atomic E-state index is 0.282. The first-order valence-electron chi connectivity index (χ1n) is 5.15. The second-order valence-corrected chi connectivity index (χ2v) is 4.63. The summed E-state index contributed by atoms with van der Waals surface area (Å²) >= 11 is 7.81. The van der Waals surface area contributed by atoms with E-state index in [0.29, 0.717) is 0 Å². The van der Waals surface area contributed by atoms with E-state index in [-0.39, 0.29) is 6.04 Å². The fourth-order valence-corrected chi connectivity index (χ4v) is 2.60. The van der Waals surface area contributed by atoms with Gasteiger partial charge in [0.1, 0.15) is 0 Å².